The number of carboxylic acid groups (broad SMARTS) is 2. The van der Waals surface area contributed by atoms with Crippen LogP contribution in [0.15, 0.2) is 24.3 Å². The molecule has 2 aliphatic rings. The molecule has 0 spiro atoms. The Kier molecular flexibility index (Phi) is 4.52. The van der Waals surface area contributed by atoms with Crippen molar-refractivity contribution in [2.45, 2.75) is 37.8 Å². The van der Waals surface area contributed by atoms with Crippen LogP contribution in [0.2, 0.25) is 0 Å². The highest BCUT2D eigenvalue weighted by Crippen LogP contribution is 2.37. The third-order valence-electron chi connectivity index (χ3n) is 5.12. The topological polar surface area (TPSA) is 98.7 Å². The van der Waals surface area contributed by atoms with Gasteiger partial charge < -0.3 is 20.8 Å². The summed E-state index contributed by atoms with van der Waals surface area (Å²) in [6.45, 7) is 0.764. The van der Waals surface area contributed by atoms with E-state index in [-0.39, 0.29) is 11.6 Å². The molecule has 0 amide bonds. The summed E-state index contributed by atoms with van der Waals surface area (Å²) in [6, 6.07) is 6.67. The van der Waals surface area contributed by atoms with E-state index in [1.165, 1.54) is 0 Å². The van der Waals surface area contributed by atoms with E-state index in [2.05, 4.69) is 10.6 Å². The minimum atomic E-state index is -0.936. The minimum absolute atomic E-state index is 0.198. The van der Waals surface area contributed by atoms with E-state index >= 15 is 0 Å². The molecule has 6 heteroatoms. The summed E-state index contributed by atoms with van der Waals surface area (Å²) in [6.07, 6.45) is 3.56. The average Bonchev–Trinajstić information content (AvgIpc) is 2.54. The molecule has 1 aliphatic heterocycles. The molecule has 3 rings (SSSR count). The summed E-state index contributed by atoms with van der Waals surface area (Å²) < 4.78 is 0. The first-order valence-corrected chi connectivity index (χ1v) is 8.09. The van der Waals surface area contributed by atoms with Crippen LogP contribution < -0.4 is 10.6 Å². The quantitative estimate of drug-likeness (QED) is 0.678. The highest BCUT2D eigenvalue weighted by molar-refractivity contribution is 5.94. The van der Waals surface area contributed by atoms with Gasteiger partial charge >= 0.3 is 11.9 Å². The lowest BCUT2D eigenvalue weighted by Gasteiger charge is -2.42. The first-order chi connectivity index (χ1) is 11.0. The number of rotatable bonds is 4. The molecule has 6 nitrogen and oxygen atoms in total. The van der Waals surface area contributed by atoms with Crippen molar-refractivity contribution in [1.82, 2.24) is 5.32 Å². The molecule has 4 N–H and O–H groups in total. The molecule has 4 atom stereocenters. The molecule has 1 heterocycles. The Bertz CT molecular complexity index is 604. The molecule has 23 heavy (non-hydrogen) atoms. The number of anilines is 1. The van der Waals surface area contributed by atoms with Gasteiger partial charge in [-0.15, -0.1) is 0 Å². The fourth-order valence-corrected chi connectivity index (χ4v) is 3.90. The van der Waals surface area contributed by atoms with Crippen LogP contribution in [0.5, 0.6) is 0 Å². The van der Waals surface area contributed by atoms with Gasteiger partial charge in [0, 0.05) is 11.7 Å². The SMILES string of the molecule is O=C(O)c1ccccc1NC1CCC2CNC(C(=O)O)CC2C1. The number of piperidine rings is 1. The zero-order chi connectivity index (χ0) is 16.4. The molecule has 4 unspecified atom stereocenters. The fraction of sp³-hybridized carbons (Fsp3) is 0.529. The Morgan fingerprint density at radius 3 is 2.61 bits per heavy atom. The van der Waals surface area contributed by atoms with Gasteiger partial charge in [-0.25, -0.2) is 4.79 Å². The van der Waals surface area contributed by atoms with E-state index < -0.39 is 18.0 Å². The lowest BCUT2D eigenvalue weighted by Crippen LogP contribution is -2.50. The van der Waals surface area contributed by atoms with Crippen LogP contribution in [-0.4, -0.2) is 40.8 Å². The Morgan fingerprint density at radius 1 is 1.09 bits per heavy atom. The molecule has 1 saturated heterocycles. The smallest absolute Gasteiger partial charge is 0.337 e. The van der Waals surface area contributed by atoms with Crippen LogP contribution in [0, 0.1) is 11.8 Å². The summed E-state index contributed by atoms with van der Waals surface area (Å²) in [5.41, 5.74) is 0.926. The van der Waals surface area contributed by atoms with Gasteiger partial charge in [-0.1, -0.05) is 12.1 Å². The Morgan fingerprint density at radius 2 is 1.87 bits per heavy atom. The van der Waals surface area contributed by atoms with Crippen molar-refractivity contribution in [3.8, 4) is 0 Å². The third kappa shape index (κ3) is 3.47. The van der Waals surface area contributed by atoms with Crippen molar-refractivity contribution in [3.05, 3.63) is 29.8 Å². The van der Waals surface area contributed by atoms with Crippen LogP contribution in [-0.2, 0) is 4.79 Å². The van der Waals surface area contributed by atoms with E-state index in [9.17, 15) is 19.8 Å². The van der Waals surface area contributed by atoms with Crippen molar-refractivity contribution in [1.29, 1.82) is 0 Å². The van der Waals surface area contributed by atoms with E-state index in [4.69, 9.17) is 0 Å². The predicted octanol–water partition coefficient (Wildman–Crippen LogP) is 2.03. The number of aromatic carboxylic acids is 1. The Balaban J connectivity index is 1.67. The maximum absolute atomic E-state index is 11.3. The lowest BCUT2D eigenvalue weighted by molar-refractivity contribution is -0.141. The van der Waals surface area contributed by atoms with E-state index in [0.29, 0.717) is 23.9 Å². The fourth-order valence-electron chi connectivity index (χ4n) is 3.90. The van der Waals surface area contributed by atoms with Gasteiger partial charge in [-0.2, -0.15) is 0 Å². The molecule has 1 aromatic carbocycles. The van der Waals surface area contributed by atoms with Gasteiger partial charge in [0.2, 0.25) is 0 Å². The van der Waals surface area contributed by atoms with Gasteiger partial charge in [0.15, 0.2) is 0 Å². The molecule has 0 radical (unpaired) electrons. The standard InChI is InChI=1S/C17H22N2O4/c20-16(21)13-3-1-2-4-14(13)19-12-6-5-10-9-18-15(17(22)23)8-11(10)7-12/h1-4,10-12,15,18-19H,5-9H2,(H,20,21)(H,22,23). The number of carbonyl (C=O) groups is 2. The molecular formula is C17H22N2O4. The summed E-state index contributed by atoms with van der Waals surface area (Å²) in [5, 5.41) is 24.9. The van der Waals surface area contributed by atoms with Crippen molar-refractivity contribution in [3.63, 3.8) is 0 Å². The van der Waals surface area contributed by atoms with Crippen molar-refractivity contribution >= 4 is 17.6 Å². The zero-order valence-corrected chi connectivity index (χ0v) is 12.9. The average molecular weight is 318 g/mol. The second-order valence-electron chi connectivity index (χ2n) is 6.56. The maximum Gasteiger partial charge on any atom is 0.337 e. The molecule has 1 aliphatic carbocycles. The highest BCUT2D eigenvalue weighted by atomic mass is 16.4. The van der Waals surface area contributed by atoms with Crippen LogP contribution in [0.3, 0.4) is 0 Å². The molecular weight excluding hydrogens is 296 g/mol. The summed E-state index contributed by atoms with van der Waals surface area (Å²) in [7, 11) is 0. The third-order valence-corrected chi connectivity index (χ3v) is 5.12. The molecule has 0 aromatic heterocycles. The predicted molar refractivity (Wildman–Crippen MR) is 85.7 cm³/mol. The lowest BCUT2D eigenvalue weighted by atomic mass is 9.72. The van der Waals surface area contributed by atoms with Crippen LogP contribution in [0.4, 0.5) is 5.69 Å². The molecule has 0 bridgehead atoms. The van der Waals surface area contributed by atoms with E-state index in [0.717, 1.165) is 25.8 Å². The number of hydrogen-bond acceptors (Lipinski definition) is 4. The van der Waals surface area contributed by atoms with Crippen molar-refractivity contribution < 1.29 is 19.8 Å². The number of carboxylic acids is 2. The first kappa shape index (κ1) is 15.8. The number of para-hydroxylation sites is 1. The molecule has 2 fully saturated rings. The first-order valence-electron chi connectivity index (χ1n) is 8.09. The second-order valence-corrected chi connectivity index (χ2v) is 6.56. The van der Waals surface area contributed by atoms with Crippen molar-refractivity contribution in [2.24, 2.45) is 11.8 Å². The van der Waals surface area contributed by atoms with Crippen LogP contribution in [0.1, 0.15) is 36.0 Å². The monoisotopic (exact) mass is 318 g/mol. The number of hydrogen-bond donors (Lipinski definition) is 4. The summed E-state index contributed by atoms with van der Waals surface area (Å²) in [4.78, 5) is 22.5. The molecule has 1 aromatic rings. The van der Waals surface area contributed by atoms with Gasteiger partial charge in [-0.3, -0.25) is 4.79 Å². The number of fused-ring (bicyclic) bond motifs is 1. The highest BCUT2D eigenvalue weighted by Gasteiger charge is 2.37. The van der Waals surface area contributed by atoms with Gasteiger partial charge in [0.25, 0.3) is 0 Å². The van der Waals surface area contributed by atoms with Gasteiger partial charge in [0.05, 0.1) is 5.56 Å². The van der Waals surface area contributed by atoms with Gasteiger partial charge in [-0.05, 0) is 56.2 Å². The van der Waals surface area contributed by atoms with Gasteiger partial charge in [0.1, 0.15) is 6.04 Å². The van der Waals surface area contributed by atoms with Crippen molar-refractivity contribution in [2.75, 3.05) is 11.9 Å². The Labute approximate surface area is 134 Å². The van der Waals surface area contributed by atoms with Crippen LogP contribution in [0.25, 0.3) is 0 Å². The largest absolute Gasteiger partial charge is 0.480 e. The summed E-state index contributed by atoms with van der Waals surface area (Å²) >= 11 is 0. The van der Waals surface area contributed by atoms with E-state index in [1.807, 2.05) is 6.07 Å². The Hall–Kier alpha value is -2.08. The normalized spacial score (nSPS) is 30.3. The van der Waals surface area contributed by atoms with Crippen LogP contribution >= 0.6 is 0 Å². The number of nitrogens with one attached hydrogen (secondary N) is 2. The maximum atomic E-state index is 11.3. The number of aliphatic carboxylic acids is 1. The summed E-state index contributed by atoms with van der Waals surface area (Å²) in [5.74, 6) is -0.816. The molecule has 124 valence electrons. The zero-order valence-electron chi connectivity index (χ0n) is 12.9. The molecule has 1 saturated carbocycles. The van der Waals surface area contributed by atoms with E-state index in [1.54, 1.807) is 18.2 Å². The minimum Gasteiger partial charge on any atom is -0.480 e. The second kappa shape index (κ2) is 6.58. The number of benzene rings is 1.